The number of hydrogen-bond acceptors (Lipinski definition) is 3. The van der Waals surface area contributed by atoms with E-state index in [2.05, 4.69) is 15.3 Å². The Balaban J connectivity index is 1.72. The molecule has 1 fully saturated rings. The minimum Gasteiger partial charge on any atom is -0.354 e. The zero-order chi connectivity index (χ0) is 16.4. The number of piperidine rings is 1. The zero-order valence-electron chi connectivity index (χ0n) is 13.5. The summed E-state index contributed by atoms with van der Waals surface area (Å²) in [5.74, 6) is 0.0981. The largest absolute Gasteiger partial charge is 0.354 e. The fourth-order valence-corrected chi connectivity index (χ4v) is 2.98. The molecule has 1 aliphatic rings. The van der Waals surface area contributed by atoms with Crippen LogP contribution in [0, 0.1) is 5.92 Å². The summed E-state index contributed by atoms with van der Waals surface area (Å²) in [6, 6.07) is 7.68. The lowest BCUT2D eigenvalue weighted by Crippen LogP contribution is -2.46. The lowest BCUT2D eigenvalue weighted by molar-refractivity contribution is -0.126. The zero-order valence-corrected chi connectivity index (χ0v) is 13.5. The maximum Gasteiger partial charge on any atom is 0.289 e. The number of carbonyl (C=O) groups excluding carboxylic acids is 2. The Morgan fingerprint density at radius 2 is 2.13 bits per heavy atom. The van der Waals surface area contributed by atoms with Crippen LogP contribution in [0.1, 0.15) is 37.3 Å². The minimum absolute atomic E-state index is 0.0297. The number of rotatable bonds is 3. The van der Waals surface area contributed by atoms with Gasteiger partial charge in [0.1, 0.15) is 0 Å². The molecule has 2 N–H and O–H groups in total. The Hall–Kier alpha value is -2.37. The monoisotopic (exact) mass is 314 g/mol. The molecule has 0 spiro atoms. The first-order valence-corrected chi connectivity index (χ1v) is 8.09. The molecule has 2 aromatic rings. The Bertz CT molecular complexity index is 689. The van der Waals surface area contributed by atoms with Gasteiger partial charge in [-0.15, -0.1) is 0 Å². The summed E-state index contributed by atoms with van der Waals surface area (Å²) >= 11 is 0. The Labute approximate surface area is 135 Å². The lowest BCUT2D eigenvalue weighted by atomic mass is 9.96. The van der Waals surface area contributed by atoms with E-state index in [1.165, 1.54) is 0 Å². The number of benzene rings is 1. The number of hydrogen-bond donors (Lipinski definition) is 2. The van der Waals surface area contributed by atoms with Gasteiger partial charge in [-0.05, 0) is 38.8 Å². The first-order valence-electron chi connectivity index (χ1n) is 8.09. The number of aromatic amines is 1. The predicted molar refractivity (Wildman–Crippen MR) is 88.0 cm³/mol. The van der Waals surface area contributed by atoms with Crippen LogP contribution in [0.15, 0.2) is 24.3 Å². The molecule has 2 amide bonds. The summed E-state index contributed by atoms with van der Waals surface area (Å²) in [5.41, 5.74) is 1.63. The van der Waals surface area contributed by atoms with Gasteiger partial charge in [-0.1, -0.05) is 12.1 Å². The van der Waals surface area contributed by atoms with E-state index in [1.54, 1.807) is 4.90 Å². The van der Waals surface area contributed by atoms with Crippen LogP contribution in [0.5, 0.6) is 0 Å². The third kappa shape index (κ3) is 3.36. The second-order valence-corrected chi connectivity index (χ2v) is 6.36. The average molecular weight is 314 g/mol. The molecule has 1 aromatic heterocycles. The summed E-state index contributed by atoms with van der Waals surface area (Å²) < 4.78 is 0. The first-order chi connectivity index (χ1) is 11.0. The van der Waals surface area contributed by atoms with E-state index in [0.717, 1.165) is 23.9 Å². The van der Waals surface area contributed by atoms with Crippen LogP contribution in [0.2, 0.25) is 0 Å². The van der Waals surface area contributed by atoms with Gasteiger partial charge in [-0.3, -0.25) is 9.59 Å². The summed E-state index contributed by atoms with van der Waals surface area (Å²) in [5, 5.41) is 2.93. The molecule has 0 saturated carbocycles. The number of aromatic nitrogens is 2. The van der Waals surface area contributed by atoms with Gasteiger partial charge in [-0.25, -0.2) is 4.98 Å². The molecule has 0 radical (unpaired) electrons. The van der Waals surface area contributed by atoms with Gasteiger partial charge in [-0.2, -0.15) is 0 Å². The van der Waals surface area contributed by atoms with Crippen LogP contribution in [0.3, 0.4) is 0 Å². The van der Waals surface area contributed by atoms with E-state index in [9.17, 15) is 9.59 Å². The maximum absolute atomic E-state index is 12.7. The van der Waals surface area contributed by atoms with Crippen LogP contribution >= 0.6 is 0 Å². The van der Waals surface area contributed by atoms with Crippen molar-refractivity contribution in [3.63, 3.8) is 0 Å². The van der Waals surface area contributed by atoms with Crippen LogP contribution < -0.4 is 5.32 Å². The van der Waals surface area contributed by atoms with Gasteiger partial charge in [0.05, 0.1) is 17.0 Å². The van der Waals surface area contributed by atoms with Crippen LogP contribution in [0.4, 0.5) is 0 Å². The SMILES string of the molecule is CC(C)NC(=O)[C@@H]1CCCN(C(=O)c2nc3ccccc3[nH]2)C1. The molecule has 1 aliphatic heterocycles. The predicted octanol–water partition coefficient (Wildman–Crippen LogP) is 1.94. The number of nitrogens with zero attached hydrogens (tertiary/aromatic N) is 2. The topological polar surface area (TPSA) is 78.1 Å². The van der Waals surface area contributed by atoms with Crippen LogP contribution in [-0.2, 0) is 4.79 Å². The van der Waals surface area contributed by atoms with E-state index in [4.69, 9.17) is 0 Å². The van der Waals surface area contributed by atoms with Crippen molar-refractivity contribution in [2.75, 3.05) is 13.1 Å². The highest BCUT2D eigenvalue weighted by Crippen LogP contribution is 2.19. The molecule has 0 bridgehead atoms. The number of para-hydroxylation sites is 2. The highest BCUT2D eigenvalue weighted by Gasteiger charge is 2.30. The Morgan fingerprint density at radius 1 is 1.35 bits per heavy atom. The minimum atomic E-state index is -0.139. The summed E-state index contributed by atoms with van der Waals surface area (Å²) in [6.07, 6.45) is 1.66. The number of likely N-dealkylation sites (tertiary alicyclic amines) is 1. The number of imidazole rings is 1. The van der Waals surface area contributed by atoms with E-state index < -0.39 is 0 Å². The fourth-order valence-electron chi connectivity index (χ4n) is 2.98. The maximum atomic E-state index is 12.7. The molecule has 23 heavy (non-hydrogen) atoms. The van der Waals surface area contributed by atoms with Gasteiger partial charge in [0.15, 0.2) is 5.82 Å². The molecule has 1 aromatic carbocycles. The molecule has 6 nitrogen and oxygen atoms in total. The van der Waals surface area contributed by atoms with Crippen LogP contribution in [-0.4, -0.2) is 45.8 Å². The molecule has 1 saturated heterocycles. The molecule has 1 atom stereocenters. The van der Waals surface area contributed by atoms with E-state index in [0.29, 0.717) is 18.9 Å². The fraction of sp³-hybridized carbons (Fsp3) is 0.471. The summed E-state index contributed by atoms with van der Waals surface area (Å²) in [4.78, 5) is 34.0. The van der Waals surface area contributed by atoms with Crippen molar-refractivity contribution in [3.05, 3.63) is 30.1 Å². The molecular weight excluding hydrogens is 292 g/mol. The average Bonchev–Trinajstić information content (AvgIpc) is 2.97. The molecular formula is C17H22N4O2. The quantitative estimate of drug-likeness (QED) is 0.909. The third-order valence-corrected chi connectivity index (χ3v) is 4.10. The summed E-state index contributed by atoms with van der Waals surface area (Å²) in [6.45, 7) is 5.01. The van der Waals surface area contributed by atoms with E-state index in [-0.39, 0.29) is 23.8 Å². The molecule has 3 rings (SSSR count). The van der Waals surface area contributed by atoms with Gasteiger partial charge >= 0.3 is 0 Å². The smallest absolute Gasteiger partial charge is 0.289 e. The molecule has 6 heteroatoms. The van der Waals surface area contributed by atoms with Crippen molar-refractivity contribution < 1.29 is 9.59 Å². The van der Waals surface area contributed by atoms with Gasteiger partial charge in [0.2, 0.25) is 5.91 Å². The first kappa shape index (κ1) is 15.5. The van der Waals surface area contributed by atoms with Crippen molar-refractivity contribution in [1.29, 1.82) is 0 Å². The van der Waals surface area contributed by atoms with Crippen molar-refractivity contribution >= 4 is 22.8 Å². The van der Waals surface area contributed by atoms with E-state index >= 15 is 0 Å². The molecule has 0 aliphatic carbocycles. The highest BCUT2D eigenvalue weighted by molar-refractivity contribution is 5.94. The molecule has 0 unspecified atom stereocenters. The van der Waals surface area contributed by atoms with Crippen molar-refractivity contribution in [1.82, 2.24) is 20.2 Å². The Kier molecular flexibility index (Phi) is 4.32. The number of H-pyrrole nitrogens is 1. The number of carbonyl (C=O) groups is 2. The second-order valence-electron chi connectivity index (χ2n) is 6.36. The number of nitrogens with one attached hydrogen (secondary N) is 2. The van der Waals surface area contributed by atoms with Crippen molar-refractivity contribution in [2.24, 2.45) is 5.92 Å². The third-order valence-electron chi connectivity index (χ3n) is 4.10. The van der Waals surface area contributed by atoms with Gasteiger partial charge in [0.25, 0.3) is 5.91 Å². The number of fused-ring (bicyclic) bond motifs is 1. The van der Waals surface area contributed by atoms with Crippen molar-refractivity contribution in [2.45, 2.75) is 32.7 Å². The van der Waals surface area contributed by atoms with Crippen LogP contribution in [0.25, 0.3) is 11.0 Å². The van der Waals surface area contributed by atoms with E-state index in [1.807, 2.05) is 38.1 Å². The normalized spacial score (nSPS) is 18.4. The summed E-state index contributed by atoms with van der Waals surface area (Å²) in [7, 11) is 0. The standard InChI is InChI=1S/C17H22N4O2/c1-11(2)18-16(22)12-6-5-9-21(10-12)17(23)15-19-13-7-3-4-8-14(13)20-15/h3-4,7-8,11-12H,5-6,9-10H2,1-2H3,(H,18,22)(H,19,20)/t12-/m1/s1. The Morgan fingerprint density at radius 3 is 2.87 bits per heavy atom. The molecule has 2 heterocycles. The van der Waals surface area contributed by atoms with Crippen molar-refractivity contribution in [3.8, 4) is 0 Å². The molecule has 122 valence electrons. The lowest BCUT2D eigenvalue weighted by Gasteiger charge is -2.31. The second kappa shape index (κ2) is 6.40. The van der Waals surface area contributed by atoms with Gasteiger partial charge in [0, 0.05) is 19.1 Å². The van der Waals surface area contributed by atoms with Gasteiger partial charge < -0.3 is 15.2 Å². The highest BCUT2D eigenvalue weighted by atomic mass is 16.2. The number of amides is 2.